The molecule has 1 aromatic heterocycles. The Kier molecular flexibility index (Phi) is 3.11. The van der Waals surface area contributed by atoms with Gasteiger partial charge in [-0.1, -0.05) is 23.4 Å². The Morgan fingerprint density at radius 1 is 1.27 bits per heavy atom. The van der Waals surface area contributed by atoms with E-state index in [4.69, 9.17) is 4.52 Å². The zero-order valence-electron chi connectivity index (χ0n) is 8.86. The molecule has 0 fully saturated rings. The number of aromatic nitrogens is 1. The Hall–Kier alpha value is -1.22. The van der Waals surface area contributed by atoms with Gasteiger partial charge in [0.1, 0.15) is 5.76 Å². The van der Waals surface area contributed by atoms with E-state index in [-0.39, 0.29) is 0 Å². The lowest BCUT2D eigenvalue weighted by molar-refractivity contribution is 0.393. The molecule has 0 saturated carbocycles. The summed E-state index contributed by atoms with van der Waals surface area (Å²) < 4.78 is 5.02. The molecule has 0 unspecified atom stereocenters. The molecule has 1 aromatic carbocycles. The number of aryl methyl sites for hydroxylation is 2. The summed E-state index contributed by atoms with van der Waals surface area (Å²) in [5.41, 5.74) is 2.31. The molecule has 0 N–H and O–H groups in total. The summed E-state index contributed by atoms with van der Waals surface area (Å²) in [6.45, 7) is 4.03. The van der Waals surface area contributed by atoms with Gasteiger partial charge < -0.3 is 4.52 Å². The van der Waals surface area contributed by atoms with Crippen LogP contribution in [0.1, 0.15) is 17.0 Å². The van der Waals surface area contributed by atoms with E-state index >= 15 is 0 Å². The van der Waals surface area contributed by atoms with Crippen LogP contribution in [0.25, 0.3) is 0 Å². The van der Waals surface area contributed by atoms with E-state index in [2.05, 4.69) is 36.3 Å². The predicted molar refractivity (Wildman–Crippen MR) is 62.0 cm³/mol. The van der Waals surface area contributed by atoms with Crippen molar-refractivity contribution >= 4 is 11.8 Å². The van der Waals surface area contributed by atoms with Gasteiger partial charge in [0, 0.05) is 16.7 Å². The smallest absolute Gasteiger partial charge is 0.133 e. The minimum atomic E-state index is 0.863. The summed E-state index contributed by atoms with van der Waals surface area (Å²) in [7, 11) is 0. The van der Waals surface area contributed by atoms with Crippen molar-refractivity contribution in [3.63, 3.8) is 0 Å². The van der Waals surface area contributed by atoms with Crippen molar-refractivity contribution in [3.8, 4) is 0 Å². The molecule has 0 aliphatic rings. The molecular weight excluding hydrogens is 206 g/mol. The van der Waals surface area contributed by atoms with Crippen LogP contribution in [0.15, 0.2) is 39.8 Å². The second-order valence-corrected chi connectivity index (χ2v) is 4.50. The predicted octanol–water partition coefficient (Wildman–Crippen LogP) is 3.58. The molecule has 2 aromatic rings. The first kappa shape index (κ1) is 10.3. The van der Waals surface area contributed by atoms with E-state index < -0.39 is 0 Å². The molecule has 0 bridgehead atoms. The number of nitrogens with zero attached hydrogens (tertiary/aromatic N) is 1. The molecule has 78 valence electrons. The van der Waals surface area contributed by atoms with Gasteiger partial charge in [-0.2, -0.15) is 0 Å². The lowest BCUT2D eigenvalue weighted by atomic mass is 10.2. The van der Waals surface area contributed by atoms with Crippen LogP contribution in [0.4, 0.5) is 0 Å². The summed E-state index contributed by atoms with van der Waals surface area (Å²) in [6.07, 6.45) is 0. The number of hydrogen-bond acceptors (Lipinski definition) is 3. The monoisotopic (exact) mass is 219 g/mol. The Morgan fingerprint density at radius 3 is 2.73 bits per heavy atom. The van der Waals surface area contributed by atoms with Crippen LogP contribution in [-0.2, 0) is 5.75 Å². The third kappa shape index (κ3) is 2.63. The van der Waals surface area contributed by atoms with Crippen molar-refractivity contribution in [1.29, 1.82) is 0 Å². The fourth-order valence-electron chi connectivity index (χ4n) is 1.36. The van der Waals surface area contributed by atoms with E-state index in [9.17, 15) is 0 Å². The maximum absolute atomic E-state index is 5.02. The highest BCUT2D eigenvalue weighted by molar-refractivity contribution is 7.98. The molecule has 0 aliphatic carbocycles. The Bertz CT molecular complexity index is 450. The van der Waals surface area contributed by atoms with Gasteiger partial charge in [0.15, 0.2) is 0 Å². The third-order valence-electron chi connectivity index (χ3n) is 2.15. The van der Waals surface area contributed by atoms with Crippen molar-refractivity contribution in [2.45, 2.75) is 24.5 Å². The Labute approximate surface area is 93.7 Å². The van der Waals surface area contributed by atoms with Gasteiger partial charge in [0.25, 0.3) is 0 Å². The molecule has 2 rings (SSSR count). The molecule has 0 amide bonds. The zero-order valence-corrected chi connectivity index (χ0v) is 9.67. The summed E-state index contributed by atoms with van der Waals surface area (Å²) in [6, 6.07) is 10.3. The van der Waals surface area contributed by atoms with Crippen LogP contribution in [0, 0.1) is 13.8 Å². The van der Waals surface area contributed by atoms with Gasteiger partial charge in [-0.25, -0.2) is 0 Å². The highest BCUT2D eigenvalue weighted by atomic mass is 32.2. The topological polar surface area (TPSA) is 26.0 Å². The van der Waals surface area contributed by atoms with Crippen molar-refractivity contribution in [1.82, 2.24) is 5.16 Å². The minimum Gasteiger partial charge on any atom is -0.361 e. The summed E-state index contributed by atoms with van der Waals surface area (Å²) >= 11 is 1.79. The van der Waals surface area contributed by atoms with Gasteiger partial charge in [0.2, 0.25) is 0 Å². The first-order chi connectivity index (χ1) is 7.25. The van der Waals surface area contributed by atoms with Crippen LogP contribution < -0.4 is 0 Å². The van der Waals surface area contributed by atoms with Crippen LogP contribution >= 0.6 is 11.8 Å². The van der Waals surface area contributed by atoms with E-state index in [1.807, 2.05) is 13.0 Å². The molecule has 0 atom stereocenters. The molecule has 0 radical (unpaired) electrons. The molecule has 2 nitrogen and oxygen atoms in total. The third-order valence-corrected chi connectivity index (χ3v) is 3.36. The first-order valence-electron chi connectivity index (χ1n) is 4.86. The molecule has 1 heterocycles. The van der Waals surface area contributed by atoms with E-state index in [0.717, 1.165) is 17.2 Å². The normalized spacial score (nSPS) is 10.5. The van der Waals surface area contributed by atoms with Crippen LogP contribution in [0.5, 0.6) is 0 Å². The molecule has 0 aliphatic heterocycles. The molecule has 15 heavy (non-hydrogen) atoms. The lowest BCUT2D eigenvalue weighted by Crippen LogP contribution is -1.82. The Morgan fingerprint density at radius 2 is 2.07 bits per heavy atom. The first-order valence-corrected chi connectivity index (χ1v) is 5.85. The number of hydrogen-bond donors (Lipinski definition) is 0. The number of thioether (sulfide) groups is 1. The maximum atomic E-state index is 5.02. The van der Waals surface area contributed by atoms with E-state index in [1.165, 1.54) is 10.5 Å². The van der Waals surface area contributed by atoms with Crippen molar-refractivity contribution in [3.05, 3.63) is 47.3 Å². The number of benzene rings is 1. The SMILES string of the molecule is Cc1cc(CSc2ccccc2C)no1. The van der Waals surface area contributed by atoms with Crippen molar-refractivity contribution in [2.24, 2.45) is 0 Å². The highest BCUT2D eigenvalue weighted by Crippen LogP contribution is 2.25. The number of rotatable bonds is 3. The molecule has 3 heteroatoms. The fraction of sp³-hybridized carbons (Fsp3) is 0.250. The Balaban J connectivity index is 2.02. The summed E-state index contributed by atoms with van der Waals surface area (Å²) in [5.74, 6) is 1.73. The van der Waals surface area contributed by atoms with E-state index in [0.29, 0.717) is 0 Å². The van der Waals surface area contributed by atoms with Gasteiger partial charge >= 0.3 is 0 Å². The average molecular weight is 219 g/mol. The second-order valence-electron chi connectivity index (χ2n) is 3.48. The second kappa shape index (κ2) is 4.53. The molecular formula is C12H13NOS. The molecule has 0 spiro atoms. The fourth-order valence-corrected chi connectivity index (χ4v) is 2.27. The average Bonchev–Trinajstić information content (AvgIpc) is 2.63. The van der Waals surface area contributed by atoms with E-state index in [1.54, 1.807) is 11.8 Å². The van der Waals surface area contributed by atoms with Crippen LogP contribution in [-0.4, -0.2) is 5.16 Å². The maximum Gasteiger partial charge on any atom is 0.133 e. The quantitative estimate of drug-likeness (QED) is 0.738. The summed E-state index contributed by atoms with van der Waals surface area (Å²) in [5, 5.41) is 3.96. The van der Waals surface area contributed by atoms with Crippen LogP contribution in [0.2, 0.25) is 0 Å². The van der Waals surface area contributed by atoms with Gasteiger partial charge in [-0.3, -0.25) is 0 Å². The minimum absolute atomic E-state index is 0.863. The highest BCUT2D eigenvalue weighted by Gasteiger charge is 2.02. The zero-order chi connectivity index (χ0) is 10.7. The summed E-state index contributed by atoms with van der Waals surface area (Å²) in [4.78, 5) is 1.30. The largest absolute Gasteiger partial charge is 0.361 e. The van der Waals surface area contributed by atoms with Gasteiger partial charge in [0.05, 0.1) is 5.69 Å². The van der Waals surface area contributed by atoms with Crippen molar-refractivity contribution < 1.29 is 4.52 Å². The molecule has 0 saturated heterocycles. The van der Waals surface area contributed by atoms with Crippen LogP contribution in [0.3, 0.4) is 0 Å². The van der Waals surface area contributed by atoms with Gasteiger partial charge in [-0.05, 0) is 25.5 Å². The van der Waals surface area contributed by atoms with Crippen molar-refractivity contribution in [2.75, 3.05) is 0 Å². The standard InChI is InChI=1S/C12H13NOS/c1-9-5-3-4-6-12(9)15-8-11-7-10(2)14-13-11/h3-7H,8H2,1-2H3. The van der Waals surface area contributed by atoms with Gasteiger partial charge in [-0.15, -0.1) is 11.8 Å². The lowest BCUT2D eigenvalue weighted by Gasteiger charge is -2.02.